The average molecular weight is 362 g/mol. The van der Waals surface area contributed by atoms with E-state index in [1.807, 2.05) is 18.2 Å². The van der Waals surface area contributed by atoms with Crippen molar-refractivity contribution in [1.82, 2.24) is 10.1 Å². The lowest BCUT2D eigenvalue weighted by Crippen LogP contribution is -1.86. The lowest BCUT2D eigenvalue weighted by Gasteiger charge is -2.03. The lowest BCUT2D eigenvalue weighted by molar-refractivity contribution is 0.412. The third-order valence-electron chi connectivity index (χ3n) is 2.76. The molecule has 21 heavy (non-hydrogen) atoms. The molecule has 0 N–H and O–H groups in total. The van der Waals surface area contributed by atoms with Gasteiger partial charge in [0, 0.05) is 5.56 Å². The molecule has 0 saturated carbocycles. The maximum absolute atomic E-state index is 8.84. The molecule has 104 valence electrons. The number of methoxy groups -OCH3 is 1. The van der Waals surface area contributed by atoms with Crippen molar-refractivity contribution in [2.45, 2.75) is 0 Å². The van der Waals surface area contributed by atoms with Crippen LogP contribution in [-0.4, -0.2) is 17.3 Å². The molecular formula is C14H8BrN3O2S. The van der Waals surface area contributed by atoms with Crippen molar-refractivity contribution in [3.63, 3.8) is 0 Å². The maximum Gasteiger partial charge on any atom is 0.268 e. The highest BCUT2D eigenvalue weighted by atomic mass is 79.9. The quantitative estimate of drug-likeness (QED) is 0.701. The van der Waals surface area contributed by atoms with Gasteiger partial charge in [-0.15, -0.1) is 11.3 Å². The summed E-state index contributed by atoms with van der Waals surface area (Å²) < 4.78 is 11.3. The Morgan fingerprint density at radius 3 is 2.86 bits per heavy atom. The predicted octanol–water partition coefficient (Wildman–Crippen LogP) is 4.11. The Balaban J connectivity index is 1.94. The van der Waals surface area contributed by atoms with Crippen LogP contribution in [0.15, 0.2) is 39.3 Å². The highest BCUT2D eigenvalue weighted by Crippen LogP contribution is 2.31. The average Bonchev–Trinajstić information content (AvgIpc) is 3.15. The first-order valence-electron chi connectivity index (χ1n) is 5.89. The van der Waals surface area contributed by atoms with E-state index in [2.05, 4.69) is 32.1 Å². The Labute approximate surface area is 132 Å². The second-order valence-electron chi connectivity index (χ2n) is 4.05. The minimum absolute atomic E-state index is 0.406. The molecule has 0 amide bonds. The fourth-order valence-corrected chi connectivity index (χ4v) is 3.02. The first kappa shape index (κ1) is 13.8. The first-order chi connectivity index (χ1) is 10.2. The molecule has 0 radical (unpaired) electrons. The molecule has 1 aromatic carbocycles. The minimum atomic E-state index is 0.406. The molecular weight excluding hydrogens is 354 g/mol. The number of hydrogen-bond donors (Lipinski definition) is 0. The molecule has 2 heterocycles. The number of halogens is 1. The number of aromatic nitrogens is 2. The predicted molar refractivity (Wildman–Crippen MR) is 82.0 cm³/mol. The van der Waals surface area contributed by atoms with Crippen LogP contribution in [0, 0.1) is 11.3 Å². The molecule has 0 aliphatic rings. The van der Waals surface area contributed by atoms with Gasteiger partial charge in [0.2, 0.25) is 5.82 Å². The Bertz CT molecular complexity index is 835. The molecule has 3 rings (SSSR count). The van der Waals surface area contributed by atoms with Gasteiger partial charge < -0.3 is 9.26 Å². The highest BCUT2D eigenvalue weighted by molar-refractivity contribution is 9.10. The molecule has 0 spiro atoms. The Morgan fingerprint density at radius 2 is 2.19 bits per heavy atom. The van der Waals surface area contributed by atoms with Crippen LogP contribution in [0.4, 0.5) is 0 Å². The molecule has 7 heteroatoms. The number of hydrogen-bond acceptors (Lipinski definition) is 6. The molecule has 0 aliphatic carbocycles. The smallest absolute Gasteiger partial charge is 0.268 e. The fraction of sp³-hybridized carbons (Fsp3) is 0.0714. The van der Waals surface area contributed by atoms with Crippen molar-refractivity contribution in [1.29, 1.82) is 5.26 Å². The molecule has 5 nitrogen and oxygen atoms in total. The molecule has 0 fully saturated rings. The lowest BCUT2D eigenvalue weighted by atomic mass is 10.2. The van der Waals surface area contributed by atoms with E-state index in [4.69, 9.17) is 14.5 Å². The summed E-state index contributed by atoms with van der Waals surface area (Å²) in [5.74, 6) is 1.63. The molecule has 2 aromatic heterocycles. The molecule has 0 aliphatic heterocycles. The van der Waals surface area contributed by atoms with Gasteiger partial charge in [0.25, 0.3) is 5.89 Å². The van der Waals surface area contributed by atoms with Crippen LogP contribution >= 0.6 is 27.3 Å². The summed E-state index contributed by atoms with van der Waals surface area (Å²) in [5, 5.41) is 12.8. The monoisotopic (exact) mass is 361 g/mol. The first-order valence-corrected chi connectivity index (χ1v) is 7.50. The summed E-state index contributed by atoms with van der Waals surface area (Å²) in [6.45, 7) is 0. The van der Waals surface area contributed by atoms with Crippen LogP contribution in [0.2, 0.25) is 0 Å². The van der Waals surface area contributed by atoms with Gasteiger partial charge in [-0.1, -0.05) is 5.16 Å². The number of rotatable bonds is 3. The van der Waals surface area contributed by atoms with E-state index >= 15 is 0 Å². The Morgan fingerprint density at radius 1 is 1.33 bits per heavy atom. The van der Waals surface area contributed by atoms with E-state index < -0.39 is 0 Å². The second-order valence-corrected chi connectivity index (χ2v) is 5.99. The van der Waals surface area contributed by atoms with Crippen molar-refractivity contribution in [3.8, 4) is 34.0 Å². The second kappa shape index (κ2) is 5.68. The van der Waals surface area contributed by atoms with Crippen LogP contribution < -0.4 is 4.74 Å². The van der Waals surface area contributed by atoms with E-state index in [0.29, 0.717) is 16.6 Å². The normalized spacial score (nSPS) is 10.3. The Hall–Kier alpha value is -2.17. The SMILES string of the molecule is COc1ccc(-c2noc(-c3ccc(C#N)s3)n2)cc1Br. The third kappa shape index (κ3) is 2.68. The van der Waals surface area contributed by atoms with Gasteiger partial charge in [0.05, 0.1) is 16.5 Å². The van der Waals surface area contributed by atoms with Crippen molar-refractivity contribution in [2.75, 3.05) is 7.11 Å². The number of nitriles is 1. The van der Waals surface area contributed by atoms with E-state index in [1.54, 1.807) is 19.2 Å². The molecule has 3 aromatic rings. The van der Waals surface area contributed by atoms with Crippen LogP contribution in [-0.2, 0) is 0 Å². The minimum Gasteiger partial charge on any atom is -0.496 e. The van der Waals surface area contributed by atoms with Gasteiger partial charge in [-0.3, -0.25) is 0 Å². The zero-order valence-electron chi connectivity index (χ0n) is 10.8. The van der Waals surface area contributed by atoms with Gasteiger partial charge in [-0.25, -0.2) is 0 Å². The summed E-state index contributed by atoms with van der Waals surface area (Å²) in [5.41, 5.74) is 0.815. The number of thiophene rings is 1. The fourth-order valence-electron chi connectivity index (χ4n) is 1.76. The van der Waals surface area contributed by atoms with Crippen LogP contribution in [0.25, 0.3) is 22.2 Å². The summed E-state index contributed by atoms with van der Waals surface area (Å²) >= 11 is 4.74. The summed E-state index contributed by atoms with van der Waals surface area (Å²) in [6.07, 6.45) is 0. The topological polar surface area (TPSA) is 71.9 Å². The van der Waals surface area contributed by atoms with E-state index in [0.717, 1.165) is 20.7 Å². The number of ether oxygens (including phenoxy) is 1. The molecule has 0 saturated heterocycles. The molecule has 0 unspecified atom stereocenters. The van der Waals surface area contributed by atoms with E-state index in [-0.39, 0.29) is 0 Å². The van der Waals surface area contributed by atoms with E-state index in [1.165, 1.54) is 11.3 Å². The largest absolute Gasteiger partial charge is 0.496 e. The van der Waals surface area contributed by atoms with Crippen molar-refractivity contribution in [3.05, 3.63) is 39.7 Å². The standard InChI is InChI=1S/C14H8BrN3O2S/c1-19-11-4-2-8(6-10(11)15)13-17-14(20-18-13)12-5-3-9(7-16)21-12/h2-6H,1H3. The number of benzene rings is 1. The molecule has 0 atom stereocenters. The van der Waals surface area contributed by atoms with Gasteiger partial charge in [-0.05, 0) is 46.3 Å². The highest BCUT2D eigenvalue weighted by Gasteiger charge is 2.13. The molecule has 0 bridgehead atoms. The van der Waals surface area contributed by atoms with Gasteiger partial charge in [-0.2, -0.15) is 10.2 Å². The van der Waals surface area contributed by atoms with Gasteiger partial charge in [0.1, 0.15) is 16.7 Å². The van der Waals surface area contributed by atoms with Crippen LogP contribution in [0.1, 0.15) is 4.88 Å². The maximum atomic E-state index is 8.84. The van der Waals surface area contributed by atoms with Gasteiger partial charge in [0.15, 0.2) is 0 Å². The third-order valence-corrected chi connectivity index (χ3v) is 4.36. The van der Waals surface area contributed by atoms with Crippen molar-refractivity contribution < 1.29 is 9.26 Å². The zero-order valence-corrected chi connectivity index (χ0v) is 13.2. The summed E-state index contributed by atoms with van der Waals surface area (Å²) in [7, 11) is 1.61. The summed E-state index contributed by atoms with van der Waals surface area (Å²) in [6, 6.07) is 11.2. The van der Waals surface area contributed by atoms with Crippen LogP contribution in [0.5, 0.6) is 5.75 Å². The summed E-state index contributed by atoms with van der Waals surface area (Å²) in [4.78, 5) is 5.74. The van der Waals surface area contributed by atoms with Gasteiger partial charge >= 0.3 is 0 Å². The van der Waals surface area contributed by atoms with Crippen molar-refractivity contribution in [2.24, 2.45) is 0 Å². The van der Waals surface area contributed by atoms with Crippen molar-refractivity contribution >= 4 is 27.3 Å². The van der Waals surface area contributed by atoms with Crippen LogP contribution in [0.3, 0.4) is 0 Å². The zero-order chi connectivity index (χ0) is 14.8. The van der Waals surface area contributed by atoms with E-state index in [9.17, 15) is 0 Å². The Kier molecular flexibility index (Phi) is 3.73. The number of nitrogens with zero attached hydrogens (tertiary/aromatic N) is 3.